The SMILES string of the molecule is O=C(NN=C1CC[NH+](Cc2ccccc2)CC1)c1cc(Cl)ccc1O. The minimum atomic E-state index is -0.452. The molecule has 0 aliphatic carbocycles. The molecule has 6 heteroatoms. The van der Waals surface area contributed by atoms with E-state index in [-0.39, 0.29) is 11.3 Å². The fraction of sp³-hybridized carbons (Fsp3) is 0.263. The predicted molar refractivity (Wildman–Crippen MR) is 98.1 cm³/mol. The zero-order chi connectivity index (χ0) is 17.6. The molecule has 1 heterocycles. The van der Waals surface area contributed by atoms with Crippen molar-refractivity contribution in [2.75, 3.05) is 13.1 Å². The molecule has 3 N–H and O–H groups in total. The summed E-state index contributed by atoms with van der Waals surface area (Å²) in [6.45, 7) is 2.99. The first-order chi connectivity index (χ1) is 12.1. The highest BCUT2D eigenvalue weighted by Gasteiger charge is 2.19. The van der Waals surface area contributed by atoms with Gasteiger partial charge < -0.3 is 10.0 Å². The van der Waals surface area contributed by atoms with Crippen molar-refractivity contribution >= 4 is 23.2 Å². The van der Waals surface area contributed by atoms with E-state index >= 15 is 0 Å². The highest BCUT2D eigenvalue weighted by molar-refractivity contribution is 6.31. The third kappa shape index (κ3) is 4.81. The van der Waals surface area contributed by atoms with Gasteiger partial charge in [-0.1, -0.05) is 41.9 Å². The molecule has 0 spiro atoms. The molecule has 0 saturated carbocycles. The van der Waals surface area contributed by atoms with E-state index in [0.717, 1.165) is 38.2 Å². The van der Waals surface area contributed by atoms with Crippen LogP contribution in [-0.2, 0) is 6.54 Å². The molecule has 0 unspecified atom stereocenters. The molecule has 1 saturated heterocycles. The summed E-state index contributed by atoms with van der Waals surface area (Å²) >= 11 is 5.86. The third-order valence-corrected chi connectivity index (χ3v) is 4.59. The van der Waals surface area contributed by atoms with Gasteiger partial charge in [0, 0.05) is 29.1 Å². The number of piperidine rings is 1. The Balaban J connectivity index is 1.52. The van der Waals surface area contributed by atoms with E-state index in [1.54, 1.807) is 0 Å². The summed E-state index contributed by atoms with van der Waals surface area (Å²) in [6.07, 6.45) is 1.70. The molecule has 130 valence electrons. The molecule has 3 rings (SSSR count). The van der Waals surface area contributed by atoms with E-state index in [4.69, 9.17) is 11.6 Å². The van der Waals surface area contributed by atoms with Crippen LogP contribution in [-0.4, -0.2) is 29.8 Å². The number of likely N-dealkylation sites (tertiary alicyclic amines) is 1. The van der Waals surface area contributed by atoms with Gasteiger partial charge in [0.25, 0.3) is 5.91 Å². The lowest BCUT2D eigenvalue weighted by Crippen LogP contribution is -3.11. The number of nitrogens with one attached hydrogen (secondary N) is 2. The number of carbonyl (C=O) groups excluding carboxylic acids is 1. The molecule has 0 aromatic heterocycles. The topological polar surface area (TPSA) is 66.1 Å². The van der Waals surface area contributed by atoms with Crippen LogP contribution in [0.25, 0.3) is 0 Å². The van der Waals surface area contributed by atoms with E-state index in [9.17, 15) is 9.90 Å². The number of benzene rings is 2. The van der Waals surface area contributed by atoms with Gasteiger partial charge >= 0.3 is 0 Å². The maximum atomic E-state index is 12.1. The Labute approximate surface area is 151 Å². The third-order valence-electron chi connectivity index (χ3n) is 4.35. The lowest BCUT2D eigenvalue weighted by molar-refractivity contribution is -0.914. The number of hydrogen-bond acceptors (Lipinski definition) is 3. The monoisotopic (exact) mass is 358 g/mol. The standard InChI is InChI=1S/C19H20ClN3O2/c20-15-6-7-18(24)17(12-15)19(25)22-21-16-8-10-23(11-9-16)13-14-4-2-1-3-5-14/h1-7,12,24H,8-11,13H2,(H,22,25)/p+1. The Morgan fingerprint density at radius 2 is 1.88 bits per heavy atom. The molecule has 25 heavy (non-hydrogen) atoms. The van der Waals surface area contributed by atoms with Gasteiger partial charge in [0.05, 0.1) is 18.7 Å². The van der Waals surface area contributed by atoms with Crippen LogP contribution < -0.4 is 10.3 Å². The molecule has 0 atom stereocenters. The van der Waals surface area contributed by atoms with Crippen LogP contribution in [0.3, 0.4) is 0 Å². The fourth-order valence-electron chi connectivity index (χ4n) is 2.95. The summed E-state index contributed by atoms with van der Waals surface area (Å²) in [7, 11) is 0. The Kier molecular flexibility index (Phi) is 5.68. The average Bonchev–Trinajstić information content (AvgIpc) is 2.64. The summed E-state index contributed by atoms with van der Waals surface area (Å²) in [4.78, 5) is 13.6. The van der Waals surface area contributed by atoms with Crippen molar-refractivity contribution in [2.45, 2.75) is 19.4 Å². The molecule has 5 nitrogen and oxygen atoms in total. The number of hydrogen-bond donors (Lipinski definition) is 3. The number of hydrazone groups is 1. The van der Waals surface area contributed by atoms with Crippen LogP contribution in [0.5, 0.6) is 5.75 Å². The molecule has 0 radical (unpaired) electrons. The number of rotatable bonds is 4. The second kappa shape index (κ2) is 8.14. The van der Waals surface area contributed by atoms with Crippen molar-refractivity contribution in [3.05, 3.63) is 64.7 Å². The first-order valence-corrected chi connectivity index (χ1v) is 8.71. The van der Waals surface area contributed by atoms with Crippen molar-refractivity contribution in [2.24, 2.45) is 5.10 Å². The van der Waals surface area contributed by atoms with Gasteiger partial charge in [0.1, 0.15) is 12.3 Å². The van der Waals surface area contributed by atoms with Gasteiger partial charge in [0.15, 0.2) is 0 Å². The maximum absolute atomic E-state index is 12.1. The van der Waals surface area contributed by atoms with Crippen LogP contribution in [0.15, 0.2) is 53.6 Å². The average molecular weight is 359 g/mol. The number of amides is 1. The Bertz CT molecular complexity index is 767. The highest BCUT2D eigenvalue weighted by atomic mass is 35.5. The van der Waals surface area contributed by atoms with E-state index in [0.29, 0.717) is 5.02 Å². The summed E-state index contributed by atoms with van der Waals surface area (Å²) < 4.78 is 0. The molecule has 2 aromatic rings. The van der Waals surface area contributed by atoms with Crippen LogP contribution in [0.4, 0.5) is 0 Å². The summed E-state index contributed by atoms with van der Waals surface area (Å²) in [5.74, 6) is -0.559. The Morgan fingerprint density at radius 3 is 2.60 bits per heavy atom. The second-order valence-corrected chi connectivity index (χ2v) is 6.63. The van der Waals surface area contributed by atoms with Crippen molar-refractivity contribution in [3.63, 3.8) is 0 Å². The molecule has 1 amide bonds. The Morgan fingerprint density at radius 1 is 1.16 bits per heavy atom. The molecule has 2 aromatic carbocycles. The summed E-state index contributed by atoms with van der Waals surface area (Å²) in [6, 6.07) is 14.8. The van der Waals surface area contributed by atoms with E-state index in [1.807, 2.05) is 6.07 Å². The van der Waals surface area contributed by atoms with Gasteiger partial charge in [0.2, 0.25) is 0 Å². The van der Waals surface area contributed by atoms with Crippen LogP contribution in [0.1, 0.15) is 28.8 Å². The number of phenols is 1. The van der Waals surface area contributed by atoms with Gasteiger partial charge in [-0.05, 0) is 18.2 Å². The number of nitrogens with zero attached hydrogens (tertiary/aromatic N) is 1. The number of aromatic hydroxyl groups is 1. The summed E-state index contributed by atoms with van der Waals surface area (Å²) in [5, 5.41) is 14.4. The van der Waals surface area contributed by atoms with Crippen molar-refractivity contribution < 1.29 is 14.8 Å². The number of phenolic OH excluding ortho intramolecular Hbond substituents is 1. The zero-order valence-corrected chi connectivity index (χ0v) is 14.6. The van der Waals surface area contributed by atoms with Gasteiger partial charge in [-0.2, -0.15) is 5.10 Å². The van der Waals surface area contributed by atoms with Gasteiger partial charge in [-0.3, -0.25) is 4.79 Å². The molecule has 1 aliphatic heterocycles. The minimum absolute atomic E-state index is 0.107. The van der Waals surface area contributed by atoms with Crippen molar-refractivity contribution in [1.82, 2.24) is 5.43 Å². The second-order valence-electron chi connectivity index (χ2n) is 6.19. The summed E-state index contributed by atoms with van der Waals surface area (Å²) in [5.41, 5.74) is 4.97. The van der Waals surface area contributed by atoms with Crippen LogP contribution in [0.2, 0.25) is 5.02 Å². The van der Waals surface area contributed by atoms with Gasteiger partial charge in [-0.25, -0.2) is 5.43 Å². The van der Waals surface area contributed by atoms with Crippen molar-refractivity contribution in [3.8, 4) is 5.75 Å². The number of quaternary nitrogens is 1. The van der Waals surface area contributed by atoms with E-state index < -0.39 is 5.91 Å². The molecule has 0 bridgehead atoms. The van der Waals surface area contributed by atoms with Gasteiger partial charge in [-0.15, -0.1) is 0 Å². The van der Waals surface area contributed by atoms with E-state index in [2.05, 4.69) is 34.8 Å². The van der Waals surface area contributed by atoms with Crippen molar-refractivity contribution in [1.29, 1.82) is 0 Å². The number of halogens is 1. The molecule has 1 fully saturated rings. The molecular formula is C19H21ClN3O2+. The largest absolute Gasteiger partial charge is 0.507 e. The minimum Gasteiger partial charge on any atom is -0.507 e. The number of carbonyl (C=O) groups is 1. The first kappa shape index (κ1) is 17.5. The van der Waals surface area contributed by atoms with Crippen LogP contribution >= 0.6 is 11.6 Å². The first-order valence-electron chi connectivity index (χ1n) is 8.33. The fourth-order valence-corrected chi connectivity index (χ4v) is 3.12. The molecule has 1 aliphatic rings. The quantitative estimate of drug-likeness (QED) is 0.732. The van der Waals surface area contributed by atoms with Crippen LogP contribution in [0, 0.1) is 0 Å². The highest BCUT2D eigenvalue weighted by Crippen LogP contribution is 2.21. The molecular weight excluding hydrogens is 338 g/mol. The van der Waals surface area contributed by atoms with E-state index in [1.165, 1.54) is 28.7 Å². The smallest absolute Gasteiger partial charge is 0.275 e. The zero-order valence-electron chi connectivity index (χ0n) is 13.8. The Hall–Kier alpha value is -2.37. The lowest BCUT2D eigenvalue weighted by Gasteiger charge is -2.24. The normalized spacial score (nSPS) is 17.2. The maximum Gasteiger partial charge on any atom is 0.275 e. The lowest BCUT2D eigenvalue weighted by atomic mass is 10.1. The predicted octanol–water partition coefficient (Wildman–Crippen LogP) is 2.01.